The third-order valence-corrected chi connectivity index (χ3v) is 6.03. The molecule has 0 fully saturated rings. The molecule has 0 aliphatic carbocycles. The van der Waals surface area contributed by atoms with Crippen molar-refractivity contribution < 1.29 is 4.74 Å². The number of hydrogen-bond donors (Lipinski definition) is 0. The molecule has 1 aromatic heterocycles. The lowest BCUT2D eigenvalue weighted by molar-refractivity contribution is 0.410. The summed E-state index contributed by atoms with van der Waals surface area (Å²) in [4.78, 5) is 1.45. The van der Waals surface area contributed by atoms with Gasteiger partial charge in [0.05, 0.1) is 15.7 Å². The van der Waals surface area contributed by atoms with Crippen molar-refractivity contribution in [3.05, 3.63) is 50.1 Å². The second kappa shape index (κ2) is 5.55. The van der Waals surface area contributed by atoms with Crippen molar-refractivity contribution in [1.82, 2.24) is 0 Å². The minimum absolute atomic E-state index is 0.175. The van der Waals surface area contributed by atoms with Crippen LogP contribution in [-0.4, -0.2) is 7.11 Å². The quantitative estimate of drug-likeness (QED) is 0.660. The number of rotatable bonds is 3. The van der Waals surface area contributed by atoms with Gasteiger partial charge in [0.1, 0.15) is 5.75 Å². The first-order valence-electron chi connectivity index (χ1n) is 5.16. The van der Waals surface area contributed by atoms with E-state index in [0.717, 1.165) is 11.3 Å². The van der Waals surface area contributed by atoms with Crippen molar-refractivity contribution in [2.45, 2.75) is 11.8 Å². The van der Waals surface area contributed by atoms with Crippen LogP contribution in [0.15, 0.2) is 34.1 Å². The average molecular weight is 376 g/mol. The van der Waals surface area contributed by atoms with E-state index in [1.807, 2.05) is 18.2 Å². The number of thiophene rings is 1. The van der Waals surface area contributed by atoms with Crippen LogP contribution in [0.4, 0.5) is 0 Å². The number of methoxy groups -OCH3 is 1. The Hall–Kier alpha value is -0.320. The molecule has 0 radical (unpaired) electrons. The highest BCUT2D eigenvalue weighted by Crippen LogP contribution is 2.41. The van der Waals surface area contributed by atoms with E-state index >= 15 is 0 Å². The summed E-state index contributed by atoms with van der Waals surface area (Å²) in [5.41, 5.74) is 2.42. The predicted molar refractivity (Wildman–Crippen MR) is 80.5 cm³/mol. The van der Waals surface area contributed by atoms with Crippen LogP contribution in [0, 0.1) is 6.92 Å². The lowest BCUT2D eigenvalue weighted by Gasteiger charge is -2.12. The van der Waals surface area contributed by atoms with E-state index in [-0.39, 0.29) is 4.83 Å². The van der Waals surface area contributed by atoms with E-state index in [2.05, 4.69) is 50.9 Å². The maximum atomic E-state index is 5.39. The van der Waals surface area contributed by atoms with Gasteiger partial charge in [-0.1, -0.05) is 34.1 Å². The number of hydrogen-bond acceptors (Lipinski definition) is 2. The third-order valence-electron chi connectivity index (χ3n) is 2.54. The van der Waals surface area contributed by atoms with Crippen LogP contribution in [0.3, 0.4) is 0 Å². The Labute approximate surface area is 122 Å². The van der Waals surface area contributed by atoms with Crippen molar-refractivity contribution in [1.29, 1.82) is 0 Å². The van der Waals surface area contributed by atoms with Gasteiger partial charge in [-0.3, -0.25) is 0 Å². The van der Waals surface area contributed by atoms with E-state index in [4.69, 9.17) is 4.74 Å². The van der Waals surface area contributed by atoms with Gasteiger partial charge in [-0.25, -0.2) is 0 Å². The molecule has 1 heterocycles. The molecule has 0 N–H and O–H groups in total. The summed E-state index contributed by atoms with van der Waals surface area (Å²) in [7, 11) is 1.70. The monoisotopic (exact) mass is 374 g/mol. The number of aryl methyl sites for hydroxylation is 1. The van der Waals surface area contributed by atoms with Crippen molar-refractivity contribution in [2.24, 2.45) is 0 Å². The molecule has 1 unspecified atom stereocenters. The molecule has 1 aromatic carbocycles. The van der Waals surface area contributed by atoms with Crippen LogP contribution in [-0.2, 0) is 0 Å². The lowest BCUT2D eigenvalue weighted by atomic mass is 10.1. The van der Waals surface area contributed by atoms with E-state index in [9.17, 15) is 0 Å². The highest BCUT2D eigenvalue weighted by Gasteiger charge is 2.17. The van der Waals surface area contributed by atoms with Gasteiger partial charge in [0.2, 0.25) is 0 Å². The van der Waals surface area contributed by atoms with Gasteiger partial charge in [-0.05, 0) is 40.5 Å². The van der Waals surface area contributed by atoms with Gasteiger partial charge in [0.25, 0.3) is 0 Å². The maximum Gasteiger partial charge on any atom is 0.123 e. The SMILES string of the molecule is COc1ccccc1C(Br)c1cc(C)c(Br)s1. The Morgan fingerprint density at radius 1 is 1.29 bits per heavy atom. The fourth-order valence-corrected chi connectivity index (χ4v) is 4.00. The molecule has 90 valence electrons. The van der Waals surface area contributed by atoms with E-state index in [0.29, 0.717) is 0 Å². The van der Waals surface area contributed by atoms with E-state index < -0.39 is 0 Å². The summed E-state index contributed by atoms with van der Waals surface area (Å²) in [5.74, 6) is 0.913. The first-order valence-corrected chi connectivity index (χ1v) is 7.69. The number of benzene rings is 1. The second-order valence-corrected chi connectivity index (χ2v) is 7.03. The molecule has 4 heteroatoms. The normalized spacial score (nSPS) is 12.5. The smallest absolute Gasteiger partial charge is 0.123 e. The van der Waals surface area contributed by atoms with Crippen molar-refractivity contribution in [3.63, 3.8) is 0 Å². The zero-order valence-electron chi connectivity index (χ0n) is 9.54. The van der Waals surface area contributed by atoms with Crippen LogP contribution in [0.1, 0.15) is 20.8 Å². The Bertz CT molecular complexity index is 502. The molecule has 1 atom stereocenters. The fraction of sp³-hybridized carbons (Fsp3) is 0.231. The molecule has 0 aliphatic heterocycles. The molecule has 2 aromatic rings. The molecule has 2 rings (SSSR count). The van der Waals surface area contributed by atoms with Gasteiger partial charge in [0, 0.05) is 10.4 Å². The van der Waals surface area contributed by atoms with E-state index in [1.54, 1.807) is 18.4 Å². The van der Waals surface area contributed by atoms with Crippen LogP contribution in [0.25, 0.3) is 0 Å². The molecule has 0 aliphatic rings. The van der Waals surface area contributed by atoms with Crippen LogP contribution < -0.4 is 4.74 Å². The highest BCUT2D eigenvalue weighted by atomic mass is 79.9. The molecular formula is C13H12Br2OS. The van der Waals surface area contributed by atoms with Crippen LogP contribution in [0.5, 0.6) is 5.75 Å². The summed E-state index contributed by atoms with van der Waals surface area (Å²) < 4.78 is 6.57. The minimum atomic E-state index is 0.175. The molecule has 0 bridgehead atoms. The number of alkyl halides is 1. The zero-order valence-corrected chi connectivity index (χ0v) is 13.5. The average Bonchev–Trinajstić information content (AvgIpc) is 2.68. The molecule has 17 heavy (non-hydrogen) atoms. The highest BCUT2D eigenvalue weighted by molar-refractivity contribution is 9.11. The van der Waals surface area contributed by atoms with E-state index in [1.165, 1.54) is 14.2 Å². The fourth-order valence-electron chi connectivity index (χ4n) is 1.64. The molecule has 0 saturated carbocycles. The summed E-state index contributed by atoms with van der Waals surface area (Å²) in [5, 5.41) is 0. The molecule has 1 nitrogen and oxygen atoms in total. The van der Waals surface area contributed by atoms with Crippen LogP contribution in [0.2, 0.25) is 0 Å². The van der Waals surface area contributed by atoms with Gasteiger partial charge >= 0.3 is 0 Å². The number of halogens is 2. The first kappa shape index (κ1) is 13.1. The van der Waals surface area contributed by atoms with Gasteiger partial charge in [0.15, 0.2) is 0 Å². The summed E-state index contributed by atoms with van der Waals surface area (Å²) >= 11 is 9.05. The van der Waals surface area contributed by atoms with Gasteiger partial charge in [-0.15, -0.1) is 11.3 Å². The standard InChI is InChI=1S/C13H12Br2OS/c1-8-7-11(17-13(8)15)12(14)9-5-3-4-6-10(9)16-2/h3-7,12H,1-2H3. The molecular weight excluding hydrogens is 364 g/mol. The Balaban J connectivity index is 2.39. The second-order valence-electron chi connectivity index (χ2n) is 3.71. The summed E-state index contributed by atoms with van der Waals surface area (Å²) in [6.45, 7) is 2.10. The van der Waals surface area contributed by atoms with Crippen molar-refractivity contribution >= 4 is 43.2 Å². The Kier molecular flexibility index (Phi) is 4.28. The molecule has 0 spiro atoms. The summed E-state index contributed by atoms with van der Waals surface area (Å²) in [6.07, 6.45) is 0. The number of para-hydroxylation sites is 1. The predicted octanol–water partition coefficient (Wildman–Crippen LogP) is 5.31. The minimum Gasteiger partial charge on any atom is -0.496 e. The molecule has 0 amide bonds. The van der Waals surface area contributed by atoms with Crippen molar-refractivity contribution in [3.8, 4) is 5.75 Å². The van der Waals surface area contributed by atoms with Gasteiger partial charge < -0.3 is 4.74 Å². The Morgan fingerprint density at radius 3 is 2.59 bits per heavy atom. The van der Waals surface area contributed by atoms with Crippen LogP contribution >= 0.6 is 43.2 Å². The van der Waals surface area contributed by atoms with Gasteiger partial charge in [-0.2, -0.15) is 0 Å². The largest absolute Gasteiger partial charge is 0.496 e. The summed E-state index contributed by atoms with van der Waals surface area (Å²) in [6, 6.07) is 10.3. The zero-order chi connectivity index (χ0) is 12.4. The lowest BCUT2D eigenvalue weighted by Crippen LogP contribution is -1.94. The Morgan fingerprint density at radius 2 is 2.00 bits per heavy atom. The first-order chi connectivity index (χ1) is 8.13. The topological polar surface area (TPSA) is 9.23 Å². The number of ether oxygens (including phenoxy) is 1. The van der Waals surface area contributed by atoms with Crippen molar-refractivity contribution in [2.75, 3.05) is 7.11 Å². The molecule has 0 saturated heterocycles. The third kappa shape index (κ3) is 2.75. The maximum absolute atomic E-state index is 5.39.